The van der Waals surface area contributed by atoms with Crippen molar-refractivity contribution >= 4 is 11.8 Å². The average Bonchev–Trinajstić information content (AvgIpc) is 2.24. The minimum Gasteiger partial charge on any atom is -0.313 e. The Bertz CT molecular complexity index is 315. The first-order valence-electron chi connectivity index (χ1n) is 5.75. The van der Waals surface area contributed by atoms with Crippen LogP contribution in [-0.2, 0) is 0 Å². The molecule has 0 aliphatic rings. The number of hydrogen-bond acceptors (Lipinski definition) is 4. The Balaban J connectivity index is 2.21. The van der Waals surface area contributed by atoms with Crippen molar-refractivity contribution in [1.82, 2.24) is 15.3 Å². The van der Waals surface area contributed by atoms with Gasteiger partial charge in [-0.2, -0.15) is 0 Å². The van der Waals surface area contributed by atoms with Crippen LogP contribution in [0.5, 0.6) is 0 Å². The van der Waals surface area contributed by atoms with Crippen LogP contribution in [0.1, 0.15) is 26.5 Å². The van der Waals surface area contributed by atoms with E-state index >= 15 is 0 Å². The molecular weight excluding hydrogens is 218 g/mol. The van der Waals surface area contributed by atoms with E-state index in [1.807, 2.05) is 19.2 Å². The third-order valence-corrected chi connectivity index (χ3v) is 3.44. The summed E-state index contributed by atoms with van der Waals surface area (Å²) in [5.41, 5.74) is 1.03. The fourth-order valence-corrected chi connectivity index (χ4v) is 1.91. The smallest absolute Gasteiger partial charge is 0.187 e. The molecule has 3 nitrogen and oxygen atoms in total. The Morgan fingerprint density at radius 2 is 2.12 bits per heavy atom. The highest BCUT2D eigenvalue weighted by atomic mass is 32.2. The van der Waals surface area contributed by atoms with Gasteiger partial charge in [0.05, 0.1) is 0 Å². The van der Waals surface area contributed by atoms with E-state index in [0.29, 0.717) is 12.0 Å². The van der Waals surface area contributed by atoms with Gasteiger partial charge in [0.1, 0.15) is 0 Å². The first kappa shape index (κ1) is 13.5. The Hall–Kier alpha value is -0.610. The van der Waals surface area contributed by atoms with Crippen LogP contribution < -0.4 is 5.32 Å². The molecule has 1 heterocycles. The minimum atomic E-state index is 0.569. The first-order chi connectivity index (χ1) is 7.59. The summed E-state index contributed by atoms with van der Waals surface area (Å²) in [4.78, 5) is 8.56. The number of aromatic nitrogens is 2. The van der Waals surface area contributed by atoms with Gasteiger partial charge in [-0.25, -0.2) is 9.97 Å². The fourth-order valence-electron chi connectivity index (χ4n) is 1.16. The van der Waals surface area contributed by atoms with Gasteiger partial charge in [0, 0.05) is 30.2 Å². The number of aryl methyl sites for hydroxylation is 1. The van der Waals surface area contributed by atoms with Gasteiger partial charge < -0.3 is 5.32 Å². The maximum Gasteiger partial charge on any atom is 0.187 e. The maximum atomic E-state index is 4.35. The van der Waals surface area contributed by atoms with Gasteiger partial charge in [-0.1, -0.05) is 25.6 Å². The van der Waals surface area contributed by atoms with Crippen molar-refractivity contribution in [3.8, 4) is 0 Å². The van der Waals surface area contributed by atoms with Gasteiger partial charge in [-0.05, 0) is 25.8 Å². The van der Waals surface area contributed by atoms with Crippen LogP contribution in [0.2, 0.25) is 0 Å². The number of thioether (sulfide) groups is 1. The van der Waals surface area contributed by atoms with E-state index in [9.17, 15) is 0 Å². The number of nitrogens with one attached hydrogen (secondary N) is 1. The van der Waals surface area contributed by atoms with Gasteiger partial charge in [0.15, 0.2) is 5.16 Å². The van der Waals surface area contributed by atoms with Crippen LogP contribution in [0.4, 0.5) is 0 Å². The van der Waals surface area contributed by atoms with Crippen LogP contribution in [0.25, 0.3) is 0 Å². The lowest BCUT2D eigenvalue weighted by Crippen LogP contribution is -2.32. The summed E-state index contributed by atoms with van der Waals surface area (Å²) >= 11 is 1.70. The van der Waals surface area contributed by atoms with E-state index < -0.39 is 0 Å². The van der Waals surface area contributed by atoms with Crippen molar-refractivity contribution in [2.24, 2.45) is 5.92 Å². The van der Waals surface area contributed by atoms with Crippen molar-refractivity contribution in [2.75, 3.05) is 12.3 Å². The van der Waals surface area contributed by atoms with Gasteiger partial charge >= 0.3 is 0 Å². The molecule has 0 fully saturated rings. The van der Waals surface area contributed by atoms with Gasteiger partial charge in [0.2, 0.25) is 0 Å². The summed E-state index contributed by atoms with van der Waals surface area (Å²) in [6, 6.07) is 2.49. The quantitative estimate of drug-likeness (QED) is 0.470. The van der Waals surface area contributed by atoms with Crippen LogP contribution in [0.15, 0.2) is 17.4 Å². The molecule has 0 spiro atoms. The van der Waals surface area contributed by atoms with Crippen LogP contribution >= 0.6 is 11.8 Å². The molecule has 0 aliphatic carbocycles. The summed E-state index contributed by atoms with van der Waals surface area (Å²) in [7, 11) is 0. The molecule has 0 radical (unpaired) electrons. The zero-order chi connectivity index (χ0) is 12.0. The van der Waals surface area contributed by atoms with Crippen molar-refractivity contribution in [3.05, 3.63) is 18.0 Å². The molecule has 0 saturated carbocycles. The largest absolute Gasteiger partial charge is 0.313 e. The second-order valence-corrected chi connectivity index (χ2v) is 5.38. The minimum absolute atomic E-state index is 0.569. The van der Waals surface area contributed by atoms with Crippen molar-refractivity contribution in [2.45, 2.75) is 38.9 Å². The van der Waals surface area contributed by atoms with Crippen LogP contribution in [0, 0.1) is 12.8 Å². The van der Waals surface area contributed by atoms with Gasteiger partial charge in [-0.15, -0.1) is 0 Å². The van der Waals surface area contributed by atoms with E-state index in [1.54, 1.807) is 11.8 Å². The molecule has 0 saturated heterocycles. The predicted octanol–water partition coefficient (Wildman–Crippen LogP) is 2.51. The van der Waals surface area contributed by atoms with E-state index in [1.165, 1.54) is 0 Å². The standard InChI is InChI=1S/C12H21N3S/c1-9(2)11(4)13-7-8-16-12-14-6-5-10(3)15-12/h5-6,9,11,13H,7-8H2,1-4H3. The molecule has 1 unspecified atom stereocenters. The molecule has 16 heavy (non-hydrogen) atoms. The molecule has 0 aromatic carbocycles. The molecule has 90 valence electrons. The summed E-state index contributed by atoms with van der Waals surface area (Å²) in [5, 5.41) is 4.36. The third-order valence-electron chi connectivity index (χ3n) is 2.57. The lowest BCUT2D eigenvalue weighted by Gasteiger charge is -2.16. The molecule has 4 heteroatoms. The number of hydrogen-bond donors (Lipinski definition) is 1. The Morgan fingerprint density at radius 3 is 2.75 bits per heavy atom. The first-order valence-corrected chi connectivity index (χ1v) is 6.74. The molecule has 0 amide bonds. The van der Waals surface area contributed by atoms with Gasteiger partial charge in [0.25, 0.3) is 0 Å². The predicted molar refractivity (Wildman–Crippen MR) is 69.8 cm³/mol. The summed E-state index contributed by atoms with van der Waals surface area (Å²) in [6.45, 7) is 9.67. The molecule has 1 rings (SSSR count). The lowest BCUT2D eigenvalue weighted by atomic mass is 10.1. The maximum absolute atomic E-state index is 4.35. The highest BCUT2D eigenvalue weighted by Crippen LogP contribution is 2.11. The summed E-state index contributed by atoms with van der Waals surface area (Å²) < 4.78 is 0. The van der Waals surface area contributed by atoms with Crippen LogP contribution in [-0.4, -0.2) is 28.3 Å². The normalized spacial score (nSPS) is 13.1. The SMILES string of the molecule is Cc1ccnc(SCCNC(C)C(C)C)n1. The van der Waals surface area contributed by atoms with Gasteiger partial charge in [-0.3, -0.25) is 0 Å². The highest BCUT2D eigenvalue weighted by molar-refractivity contribution is 7.99. The zero-order valence-electron chi connectivity index (χ0n) is 10.5. The molecule has 1 aromatic rings. The van der Waals surface area contributed by atoms with E-state index in [0.717, 1.165) is 23.1 Å². The van der Waals surface area contributed by atoms with E-state index in [-0.39, 0.29) is 0 Å². The highest BCUT2D eigenvalue weighted by Gasteiger charge is 2.05. The molecule has 1 aromatic heterocycles. The lowest BCUT2D eigenvalue weighted by molar-refractivity contribution is 0.438. The third kappa shape index (κ3) is 4.94. The summed E-state index contributed by atoms with van der Waals surface area (Å²) in [6.07, 6.45) is 1.81. The fraction of sp³-hybridized carbons (Fsp3) is 0.667. The summed E-state index contributed by atoms with van der Waals surface area (Å²) in [5.74, 6) is 1.70. The van der Waals surface area contributed by atoms with Crippen molar-refractivity contribution < 1.29 is 0 Å². The molecule has 1 atom stereocenters. The topological polar surface area (TPSA) is 37.8 Å². The monoisotopic (exact) mass is 239 g/mol. The second kappa shape index (κ2) is 6.86. The Labute approximate surface area is 102 Å². The Morgan fingerprint density at radius 1 is 1.38 bits per heavy atom. The molecule has 0 aliphatic heterocycles. The van der Waals surface area contributed by atoms with Crippen molar-refractivity contribution in [3.63, 3.8) is 0 Å². The zero-order valence-corrected chi connectivity index (χ0v) is 11.3. The second-order valence-electron chi connectivity index (χ2n) is 4.32. The molecular formula is C12H21N3S. The molecule has 0 bridgehead atoms. The van der Waals surface area contributed by atoms with Crippen LogP contribution in [0.3, 0.4) is 0 Å². The Kier molecular flexibility index (Phi) is 5.77. The van der Waals surface area contributed by atoms with E-state index in [4.69, 9.17) is 0 Å². The van der Waals surface area contributed by atoms with E-state index in [2.05, 4.69) is 36.1 Å². The molecule has 1 N–H and O–H groups in total. The average molecular weight is 239 g/mol. The number of rotatable bonds is 6. The van der Waals surface area contributed by atoms with Crippen molar-refractivity contribution in [1.29, 1.82) is 0 Å². The number of nitrogens with zero attached hydrogens (tertiary/aromatic N) is 2.